The Bertz CT molecular complexity index is 1520. The quantitative estimate of drug-likeness (QED) is 0.302. The zero-order chi connectivity index (χ0) is 31.1. The third-order valence-electron chi connectivity index (χ3n) is 6.95. The summed E-state index contributed by atoms with van der Waals surface area (Å²) in [5, 5.41) is 14.2. The average Bonchev–Trinajstić information content (AvgIpc) is 3.38. The number of hydrogen-bond acceptors (Lipinski definition) is 7. The van der Waals surface area contributed by atoms with E-state index in [4.69, 9.17) is 9.47 Å². The summed E-state index contributed by atoms with van der Waals surface area (Å²) in [6.07, 6.45) is -3.19. The van der Waals surface area contributed by atoms with Crippen molar-refractivity contribution < 1.29 is 37.0 Å². The molecule has 10 nitrogen and oxygen atoms in total. The summed E-state index contributed by atoms with van der Waals surface area (Å²) in [4.78, 5) is 27.0. The van der Waals surface area contributed by atoms with Gasteiger partial charge >= 0.3 is 6.09 Å². The molecule has 12 heteroatoms. The van der Waals surface area contributed by atoms with Crippen LogP contribution in [0.15, 0.2) is 83.8 Å². The summed E-state index contributed by atoms with van der Waals surface area (Å²) in [6, 6.07) is 19.6. The molecule has 1 aliphatic rings. The Morgan fingerprint density at radius 1 is 1.09 bits per heavy atom. The largest absolute Gasteiger partial charge is 0.497 e. The SMILES string of the molecule is COc1cccc(S(=O)(=O)N(CC(C)C)C[C@@H](O)[C@H](Cc2ccccc2)NC(=O)[C@@H]2CN(c3cccc(F)c3)C(=O)O2)c1. The summed E-state index contributed by atoms with van der Waals surface area (Å²) in [5.74, 6) is -0.905. The predicted octanol–water partition coefficient (Wildman–Crippen LogP) is 3.59. The molecule has 3 aromatic rings. The number of aliphatic hydroxyl groups excluding tert-OH is 1. The van der Waals surface area contributed by atoms with Gasteiger partial charge in [-0.25, -0.2) is 17.6 Å². The van der Waals surface area contributed by atoms with Crippen LogP contribution in [0.4, 0.5) is 14.9 Å². The molecule has 1 aliphatic heterocycles. The van der Waals surface area contributed by atoms with Crippen molar-refractivity contribution in [2.24, 2.45) is 5.92 Å². The number of rotatable bonds is 13. The number of carbonyl (C=O) groups excluding carboxylic acids is 2. The molecule has 0 bridgehead atoms. The van der Waals surface area contributed by atoms with E-state index in [0.29, 0.717) is 5.75 Å². The normalized spacial score (nSPS) is 16.7. The third-order valence-corrected chi connectivity index (χ3v) is 8.78. The molecule has 4 rings (SSSR count). The van der Waals surface area contributed by atoms with Gasteiger partial charge < -0.3 is 19.9 Å². The fraction of sp³-hybridized carbons (Fsp3) is 0.355. The fourth-order valence-corrected chi connectivity index (χ4v) is 6.46. The Morgan fingerprint density at radius 3 is 2.49 bits per heavy atom. The van der Waals surface area contributed by atoms with Gasteiger partial charge in [0.25, 0.3) is 5.91 Å². The van der Waals surface area contributed by atoms with Crippen molar-refractivity contribution in [1.82, 2.24) is 9.62 Å². The lowest BCUT2D eigenvalue weighted by Gasteiger charge is -2.31. The first-order valence-electron chi connectivity index (χ1n) is 13.9. The Hall–Kier alpha value is -4.00. The van der Waals surface area contributed by atoms with Gasteiger partial charge in [0.2, 0.25) is 10.0 Å². The summed E-state index contributed by atoms with van der Waals surface area (Å²) >= 11 is 0. The first kappa shape index (κ1) is 31.9. The number of cyclic esters (lactones) is 1. The van der Waals surface area contributed by atoms with E-state index in [-0.39, 0.29) is 42.6 Å². The topological polar surface area (TPSA) is 125 Å². The number of methoxy groups -OCH3 is 1. The molecule has 1 saturated heterocycles. The summed E-state index contributed by atoms with van der Waals surface area (Å²) in [5.41, 5.74) is 1.04. The van der Waals surface area contributed by atoms with Crippen LogP contribution >= 0.6 is 0 Å². The fourth-order valence-electron chi connectivity index (χ4n) is 4.81. The molecule has 1 fully saturated rings. The van der Waals surface area contributed by atoms with Crippen LogP contribution in [-0.4, -0.2) is 74.8 Å². The highest BCUT2D eigenvalue weighted by molar-refractivity contribution is 7.89. The van der Waals surface area contributed by atoms with Gasteiger partial charge in [-0.2, -0.15) is 4.31 Å². The van der Waals surface area contributed by atoms with Crippen LogP contribution < -0.4 is 15.0 Å². The van der Waals surface area contributed by atoms with Crippen LogP contribution in [-0.2, 0) is 26.0 Å². The van der Waals surface area contributed by atoms with E-state index >= 15 is 0 Å². The number of halogens is 1. The van der Waals surface area contributed by atoms with Crippen molar-refractivity contribution in [2.45, 2.75) is 43.4 Å². The molecule has 3 aromatic carbocycles. The van der Waals surface area contributed by atoms with Crippen LogP contribution in [0.25, 0.3) is 0 Å². The van der Waals surface area contributed by atoms with E-state index in [1.807, 2.05) is 44.2 Å². The average molecular weight is 614 g/mol. The Kier molecular flexibility index (Phi) is 10.4. The number of sulfonamides is 1. The highest BCUT2D eigenvalue weighted by atomic mass is 32.2. The summed E-state index contributed by atoms with van der Waals surface area (Å²) in [7, 11) is -2.61. The van der Waals surface area contributed by atoms with Crippen molar-refractivity contribution in [3.05, 3.63) is 90.2 Å². The molecule has 43 heavy (non-hydrogen) atoms. The van der Waals surface area contributed by atoms with Crippen LogP contribution in [0, 0.1) is 11.7 Å². The third kappa shape index (κ3) is 8.09. The predicted molar refractivity (Wildman–Crippen MR) is 159 cm³/mol. The van der Waals surface area contributed by atoms with Crippen LogP contribution in [0.5, 0.6) is 5.75 Å². The second-order valence-corrected chi connectivity index (χ2v) is 12.7. The number of nitrogens with zero attached hydrogens (tertiary/aromatic N) is 2. The molecule has 2 amide bonds. The molecular formula is C31H36FN3O7S. The van der Waals surface area contributed by atoms with E-state index in [9.17, 15) is 27.5 Å². The van der Waals surface area contributed by atoms with Gasteiger partial charge in [-0.3, -0.25) is 9.69 Å². The minimum absolute atomic E-state index is 0.0126. The van der Waals surface area contributed by atoms with Crippen LogP contribution in [0.1, 0.15) is 19.4 Å². The van der Waals surface area contributed by atoms with Gasteiger partial charge in [0.15, 0.2) is 6.10 Å². The van der Waals surface area contributed by atoms with Gasteiger partial charge in [0.1, 0.15) is 11.6 Å². The zero-order valence-corrected chi connectivity index (χ0v) is 25.0. The van der Waals surface area contributed by atoms with Crippen molar-refractivity contribution in [3.63, 3.8) is 0 Å². The molecule has 2 N–H and O–H groups in total. The lowest BCUT2D eigenvalue weighted by Crippen LogP contribution is -2.53. The highest BCUT2D eigenvalue weighted by Crippen LogP contribution is 2.24. The maximum absolute atomic E-state index is 13.7. The van der Waals surface area contributed by atoms with Gasteiger partial charge in [-0.05, 0) is 48.2 Å². The van der Waals surface area contributed by atoms with Crippen LogP contribution in [0.2, 0.25) is 0 Å². The van der Waals surface area contributed by atoms with Crippen molar-refractivity contribution in [1.29, 1.82) is 0 Å². The van der Waals surface area contributed by atoms with Crippen molar-refractivity contribution >= 4 is 27.7 Å². The van der Waals surface area contributed by atoms with E-state index in [2.05, 4.69) is 5.32 Å². The summed E-state index contributed by atoms with van der Waals surface area (Å²) in [6.45, 7) is 3.37. The Labute approximate surface area is 251 Å². The molecule has 0 spiro atoms. The number of ether oxygens (including phenoxy) is 2. The second-order valence-electron chi connectivity index (χ2n) is 10.7. The number of nitrogens with one attached hydrogen (secondary N) is 1. The maximum Gasteiger partial charge on any atom is 0.415 e. The molecule has 1 heterocycles. The maximum atomic E-state index is 13.7. The van der Waals surface area contributed by atoms with Gasteiger partial charge in [0.05, 0.1) is 36.4 Å². The number of amides is 2. The molecule has 230 valence electrons. The smallest absolute Gasteiger partial charge is 0.415 e. The standard InChI is InChI=1S/C31H36FN3O7S/c1-21(2)18-34(43(39,40)26-14-8-13-25(17-26)41-3)19-28(36)27(15-22-9-5-4-6-10-22)33-30(37)29-20-35(31(38)42-29)24-12-7-11-23(32)16-24/h4-14,16-17,21,27-29,36H,15,18-20H2,1-3H3,(H,33,37)/t27-,28+,29-/m0/s1. The first-order valence-corrected chi connectivity index (χ1v) is 15.3. The van der Waals surface area contributed by atoms with E-state index in [1.165, 1.54) is 41.7 Å². The second kappa shape index (κ2) is 14.0. The molecule has 0 radical (unpaired) electrons. The highest BCUT2D eigenvalue weighted by Gasteiger charge is 2.39. The molecular weight excluding hydrogens is 577 g/mol. The number of hydrogen-bond donors (Lipinski definition) is 2. The number of aliphatic hydroxyl groups is 1. The Balaban J connectivity index is 1.56. The van der Waals surface area contributed by atoms with Crippen molar-refractivity contribution in [2.75, 3.05) is 31.6 Å². The van der Waals surface area contributed by atoms with Crippen molar-refractivity contribution in [3.8, 4) is 5.75 Å². The minimum atomic E-state index is -4.05. The molecule has 0 unspecified atom stereocenters. The lowest BCUT2D eigenvalue weighted by molar-refractivity contribution is -0.129. The van der Waals surface area contributed by atoms with E-state index in [0.717, 1.165) is 16.5 Å². The lowest BCUT2D eigenvalue weighted by atomic mass is 10.0. The van der Waals surface area contributed by atoms with Gasteiger partial charge in [-0.1, -0.05) is 56.3 Å². The monoisotopic (exact) mass is 613 g/mol. The Morgan fingerprint density at radius 2 is 1.81 bits per heavy atom. The molecule has 0 saturated carbocycles. The first-order chi connectivity index (χ1) is 20.5. The zero-order valence-electron chi connectivity index (χ0n) is 24.2. The number of carbonyl (C=O) groups is 2. The van der Waals surface area contributed by atoms with E-state index in [1.54, 1.807) is 12.1 Å². The number of benzene rings is 3. The van der Waals surface area contributed by atoms with Gasteiger partial charge in [0, 0.05) is 19.2 Å². The molecule has 3 atom stereocenters. The van der Waals surface area contributed by atoms with Gasteiger partial charge in [-0.15, -0.1) is 0 Å². The molecule has 0 aliphatic carbocycles. The minimum Gasteiger partial charge on any atom is -0.497 e. The molecule has 0 aromatic heterocycles. The van der Waals surface area contributed by atoms with E-state index < -0.39 is 46.1 Å². The number of anilines is 1. The summed E-state index contributed by atoms with van der Waals surface area (Å²) < 4.78 is 52.8. The van der Waals surface area contributed by atoms with Crippen LogP contribution in [0.3, 0.4) is 0 Å².